The molecule has 65 valence electrons. The third kappa shape index (κ3) is 1.91. The Hall–Kier alpha value is -1.26. The fourth-order valence-corrected chi connectivity index (χ4v) is 1.36. The summed E-state index contributed by atoms with van der Waals surface area (Å²) in [4.78, 5) is 0. The average Bonchev–Trinajstić information content (AvgIpc) is 2.17. The summed E-state index contributed by atoms with van der Waals surface area (Å²) in [6.45, 7) is 7.48. The van der Waals surface area contributed by atoms with Crippen molar-refractivity contribution >= 4 is 11.6 Å². The minimum absolute atomic E-state index is 0.0687. The third-order valence-corrected chi connectivity index (χ3v) is 2.25. The second-order valence-corrected chi connectivity index (χ2v) is 3.04. The van der Waals surface area contributed by atoms with Crippen LogP contribution in [0, 0.1) is 18.3 Å². The first kappa shape index (κ1) is 9.83. The van der Waals surface area contributed by atoms with Gasteiger partial charge in [-0.3, -0.25) is 0 Å². The van der Waals surface area contributed by atoms with E-state index in [4.69, 9.17) is 16.9 Å². The van der Waals surface area contributed by atoms with E-state index in [0.29, 0.717) is 10.6 Å². The van der Waals surface area contributed by atoms with Crippen LogP contribution in [0.4, 0.5) is 0 Å². The molecule has 0 aliphatic carbocycles. The first-order valence-corrected chi connectivity index (χ1v) is 4.22. The zero-order chi connectivity index (χ0) is 9.84. The molecule has 1 unspecified atom stereocenters. The first-order valence-electron chi connectivity index (χ1n) is 3.85. The highest BCUT2D eigenvalue weighted by Crippen LogP contribution is 2.27. The summed E-state index contributed by atoms with van der Waals surface area (Å²) in [6, 6.07) is 7.35. The minimum Gasteiger partial charge on any atom is -0.192 e. The fraction of sp³-hybridized carbons (Fsp3) is 0.0909. The highest BCUT2D eigenvalue weighted by Gasteiger charge is 2.09. The van der Waals surface area contributed by atoms with Crippen LogP contribution in [0.2, 0.25) is 5.02 Å². The Bertz CT molecular complexity index is 363. The van der Waals surface area contributed by atoms with Crippen LogP contribution in [0.1, 0.15) is 17.0 Å². The lowest BCUT2D eigenvalue weighted by Gasteiger charge is -2.08. The zero-order valence-corrected chi connectivity index (χ0v) is 7.88. The van der Waals surface area contributed by atoms with E-state index in [2.05, 4.69) is 13.5 Å². The molecule has 2 heteroatoms. The molecule has 0 saturated heterocycles. The van der Waals surface area contributed by atoms with Gasteiger partial charge in [0.05, 0.1) is 10.6 Å². The predicted octanol–water partition coefficient (Wildman–Crippen LogP) is 3.32. The molecule has 0 N–H and O–H groups in total. The van der Waals surface area contributed by atoms with Crippen LogP contribution in [-0.4, -0.2) is 0 Å². The van der Waals surface area contributed by atoms with Crippen molar-refractivity contribution in [2.45, 2.75) is 5.92 Å². The summed E-state index contributed by atoms with van der Waals surface area (Å²) in [5.41, 5.74) is 1.32. The van der Waals surface area contributed by atoms with E-state index >= 15 is 0 Å². The van der Waals surface area contributed by atoms with Crippen molar-refractivity contribution in [3.63, 3.8) is 0 Å². The molecule has 0 bridgehead atoms. The molecule has 1 rings (SSSR count). The minimum atomic E-state index is -0.0687. The molecular formula is C11H9ClN. The van der Waals surface area contributed by atoms with Gasteiger partial charge in [0.1, 0.15) is 6.07 Å². The van der Waals surface area contributed by atoms with Gasteiger partial charge in [0.25, 0.3) is 0 Å². The van der Waals surface area contributed by atoms with Crippen LogP contribution in [0.25, 0.3) is 0 Å². The molecular weight excluding hydrogens is 182 g/mol. The van der Waals surface area contributed by atoms with Crippen molar-refractivity contribution in [1.82, 2.24) is 0 Å². The van der Waals surface area contributed by atoms with Crippen LogP contribution >= 0.6 is 11.6 Å². The standard InChI is InChI=1S/C11H9ClN/c1-3-8(2)10-6-4-5-9(7-13)11(10)12/h3-6,8H,1-2H2. The normalized spacial score (nSPS) is 11.8. The Labute approximate surface area is 83.3 Å². The van der Waals surface area contributed by atoms with Crippen molar-refractivity contribution in [3.8, 4) is 6.07 Å². The van der Waals surface area contributed by atoms with Crippen LogP contribution in [-0.2, 0) is 0 Å². The number of rotatable bonds is 2. The Balaban J connectivity index is 3.25. The molecule has 0 heterocycles. The summed E-state index contributed by atoms with van der Waals surface area (Å²) in [7, 11) is 0. The quantitative estimate of drug-likeness (QED) is 0.657. The summed E-state index contributed by atoms with van der Waals surface area (Å²) in [5, 5.41) is 9.19. The Morgan fingerprint density at radius 2 is 2.23 bits per heavy atom. The highest BCUT2D eigenvalue weighted by molar-refractivity contribution is 6.32. The van der Waals surface area contributed by atoms with Crippen LogP contribution in [0.5, 0.6) is 0 Å². The van der Waals surface area contributed by atoms with Gasteiger partial charge in [-0.1, -0.05) is 29.8 Å². The maximum Gasteiger partial charge on any atom is 0.101 e. The maximum absolute atomic E-state index is 8.72. The van der Waals surface area contributed by atoms with Gasteiger partial charge in [-0.15, -0.1) is 6.58 Å². The van der Waals surface area contributed by atoms with Crippen molar-refractivity contribution in [2.75, 3.05) is 0 Å². The summed E-state index contributed by atoms with van der Waals surface area (Å²) in [6.07, 6.45) is 1.70. The fourth-order valence-electron chi connectivity index (χ4n) is 1.05. The average molecular weight is 191 g/mol. The second-order valence-electron chi connectivity index (χ2n) is 2.66. The van der Waals surface area contributed by atoms with Crippen LogP contribution < -0.4 is 0 Å². The van der Waals surface area contributed by atoms with Crippen LogP contribution in [0.3, 0.4) is 0 Å². The summed E-state index contributed by atoms with van der Waals surface area (Å²) < 4.78 is 0. The number of halogens is 1. The largest absolute Gasteiger partial charge is 0.192 e. The molecule has 1 aromatic carbocycles. The molecule has 0 amide bonds. The molecule has 1 radical (unpaired) electrons. The lowest BCUT2D eigenvalue weighted by atomic mass is 9.99. The van der Waals surface area contributed by atoms with E-state index in [1.54, 1.807) is 18.2 Å². The Kier molecular flexibility index (Phi) is 3.11. The van der Waals surface area contributed by atoms with E-state index < -0.39 is 0 Å². The van der Waals surface area contributed by atoms with Gasteiger partial charge in [0.15, 0.2) is 0 Å². The zero-order valence-electron chi connectivity index (χ0n) is 7.13. The Morgan fingerprint density at radius 1 is 1.54 bits per heavy atom. The van der Waals surface area contributed by atoms with Gasteiger partial charge in [-0.05, 0) is 18.6 Å². The molecule has 0 aromatic heterocycles. The van der Waals surface area contributed by atoms with Gasteiger partial charge in [-0.25, -0.2) is 0 Å². The van der Waals surface area contributed by atoms with E-state index in [-0.39, 0.29) is 5.92 Å². The number of hydrogen-bond donors (Lipinski definition) is 0. The molecule has 0 spiro atoms. The molecule has 13 heavy (non-hydrogen) atoms. The van der Waals surface area contributed by atoms with E-state index in [9.17, 15) is 0 Å². The third-order valence-electron chi connectivity index (χ3n) is 1.83. The van der Waals surface area contributed by atoms with Gasteiger partial charge < -0.3 is 0 Å². The first-order chi connectivity index (χ1) is 6.20. The van der Waals surface area contributed by atoms with Crippen molar-refractivity contribution in [2.24, 2.45) is 0 Å². The molecule has 1 atom stereocenters. The van der Waals surface area contributed by atoms with Gasteiger partial charge in [-0.2, -0.15) is 5.26 Å². The lowest BCUT2D eigenvalue weighted by Crippen LogP contribution is -1.92. The number of hydrogen-bond acceptors (Lipinski definition) is 1. The molecule has 0 aliphatic heterocycles. The summed E-state index contributed by atoms with van der Waals surface area (Å²) >= 11 is 5.97. The van der Waals surface area contributed by atoms with Gasteiger partial charge in [0, 0.05) is 5.92 Å². The monoisotopic (exact) mass is 190 g/mol. The van der Waals surface area contributed by atoms with E-state index in [0.717, 1.165) is 5.56 Å². The molecule has 0 fully saturated rings. The number of allylic oxidation sites excluding steroid dienone is 1. The molecule has 1 aromatic rings. The second kappa shape index (κ2) is 4.11. The number of benzene rings is 1. The maximum atomic E-state index is 8.72. The highest BCUT2D eigenvalue weighted by atomic mass is 35.5. The van der Waals surface area contributed by atoms with E-state index in [1.165, 1.54) is 0 Å². The van der Waals surface area contributed by atoms with Crippen molar-refractivity contribution < 1.29 is 0 Å². The Morgan fingerprint density at radius 3 is 2.77 bits per heavy atom. The number of nitrogens with zero attached hydrogens (tertiary/aromatic N) is 1. The van der Waals surface area contributed by atoms with Gasteiger partial charge in [0.2, 0.25) is 0 Å². The molecule has 0 saturated carbocycles. The molecule has 1 nitrogen and oxygen atoms in total. The van der Waals surface area contributed by atoms with Gasteiger partial charge >= 0.3 is 0 Å². The smallest absolute Gasteiger partial charge is 0.101 e. The van der Waals surface area contributed by atoms with Crippen molar-refractivity contribution in [1.29, 1.82) is 5.26 Å². The SMILES string of the molecule is [CH2]C(C=C)c1cccc(C#N)c1Cl. The van der Waals surface area contributed by atoms with Crippen molar-refractivity contribution in [3.05, 3.63) is 53.9 Å². The molecule has 0 aliphatic rings. The predicted molar refractivity (Wildman–Crippen MR) is 54.5 cm³/mol. The topological polar surface area (TPSA) is 23.8 Å². The van der Waals surface area contributed by atoms with E-state index in [1.807, 2.05) is 12.1 Å². The lowest BCUT2D eigenvalue weighted by molar-refractivity contribution is 1.08. The number of nitriles is 1. The summed E-state index contributed by atoms with van der Waals surface area (Å²) in [5.74, 6) is -0.0687. The van der Waals surface area contributed by atoms with Crippen LogP contribution in [0.15, 0.2) is 30.9 Å².